The molecule has 0 aromatic heterocycles. The van der Waals surface area contributed by atoms with Crippen molar-refractivity contribution in [2.75, 3.05) is 24.7 Å². The van der Waals surface area contributed by atoms with Crippen molar-refractivity contribution in [3.8, 4) is 5.75 Å². The first-order valence-corrected chi connectivity index (χ1v) is 8.51. The first kappa shape index (κ1) is 16.2. The zero-order valence-electron chi connectivity index (χ0n) is 12.1. The quantitative estimate of drug-likeness (QED) is 0.757. The largest absolute Gasteiger partial charge is 0.494 e. The molecule has 0 saturated heterocycles. The first-order chi connectivity index (χ1) is 9.21. The van der Waals surface area contributed by atoms with E-state index in [1.165, 1.54) is 5.56 Å². The van der Waals surface area contributed by atoms with Crippen LogP contribution in [0.2, 0.25) is 0 Å². The van der Waals surface area contributed by atoms with Gasteiger partial charge in [-0.2, -0.15) is 0 Å². The number of ether oxygens (including phenoxy) is 1. The van der Waals surface area contributed by atoms with Crippen LogP contribution in [-0.2, 0) is 10.8 Å². The molecule has 3 nitrogen and oxygen atoms in total. The molecule has 1 aromatic rings. The lowest BCUT2D eigenvalue weighted by Gasteiger charge is -2.18. The zero-order valence-corrected chi connectivity index (χ0v) is 13.0. The van der Waals surface area contributed by atoms with Crippen LogP contribution in [-0.4, -0.2) is 28.9 Å². The summed E-state index contributed by atoms with van der Waals surface area (Å²) in [5.41, 5.74) is 1.17. The molecule has 4 heteroatoms. The van der Waals surface area contributed by atoms with Crippen LogP contribution in [0.4, 0.5) is 0 Å². The SMILES string of the molecule is CCCOc1ccc(C(CS(=O)CC)NCC)cc1. The summed E-state index contributed by atoms with van der Waals surface area (Å²) < 4.78 is 17.3. The number of hydrogen-bond donors (Lipinski definition) is 1. The molecule has 0 aliphatic heterocycles. The van der Waals surface area contributed by atoms with Gasteiger partial charge >= 0.3 is 0 Å². The van der Waals surface area contributed by atoms with Crippen molar-refractivity contribution < 1.29 is 8.95 Å². The van der Waals surface area contributed by atoms with Gasteiger partial charge in [-0.3, -0.25) is 4.21 Å². The summed E-state index contributed by atoms with van der Waals surface area (Å²) in [6.07, 6.45) is 1.01. The second-order valence-corrected chi connectivity index (χ2v) is 6.21. The van der Waals surface area contributed by atoms with Gasteiger partial charge in [0.2, 0.25) is 0 Å². The van der Waals surface area contributed by atoms with Crippen molar-refractivity contribution in [2.45, 2.75) is 33.2 Å². The second-order valence-electron chi connectivity index (χ2n) is 4.42. The average molecular weight is 283 g/mol. The Kier molecular flexibility index (Phi) is 7.75. The van der Waals surface area contributed by atoms with Crippen LogP contribution < -0.4 is 10.1 Å². The summed E-state index contributed by atoms with van der Waals surface area (Å²) in [5, 5.41) is 3.39. The Balaban J connectivity index is 2.70. The van der Waals surface area contributed by atoms with Gasteiger partial charge in [0.1, 0.15) is 5.75 Å². The molecule has 0 spiro atoms. The van der Waals surface area contributed by atoms with Crippen molar-refractivity contribution >= 4 is 10.8 Å². The Morgan fingerprint density at radius 3 is 2.42 bits per heavy atom. The molecular formula is C15H25NO2S. The molecule has 2 unspecified atom stereocenters. The highest BCUT2D eigenvalue weighted by Gasteiger charge is 2.13. The Bertz CT molecular complexity index is 378. The molecule has 0 aliphatic rings. The van der Waals surface area contributed by atoms with Crippen molar-refractivity contribution in [1.82, 2.24) is 5.32 Å². The molecule has 1 aromatic carbocycles. The molecule has 0 aliphatic carbocycles. The van der Waals surface area contributed by atoms with E-state index in [1.54, 1.807) is 0 Å². The Morgan fingerprint density at radius 1 is 1.21 bits per heavy atom. The van der Waals surface area contributed by atoms with Crippen LogP contribution in [0.25, 0.3) is 0 Å². The molecule has 0 heterocycles. The molecular weight excluding hydrogens is 258 g/mol. The third-order valence-corrected chi connectivity index (χ3v) is 4.23. The molecule has 108 valence electrons. The van der Waals surface area contributed by atoms with E-state index in [4.69, 9.17) is 4.74 Å². The van der Waals surface area contributed by atoms with E-state index in [-0.39, 0.29) is 6.04 Å². The van der Waals surface area contributed by atoms with E-state index in [1.807, 2.05) is 19.1 Å². The van der Waals surface area contributed by atoms with E-state index < -0.39 is 10.8 Å². The van der Waals surface area contributed by atoms with Gasteiger partial charge in [0, 0.05) is 28.3 Å². The molecule has 0 bridgehead atoms. The predicted molar refractivity (Wildman–Crippen MR) is 82.2 cm³/mol. The standard InChI is InChI=1S/C15H25NO2S/c1-4-11-18-14-9-7-13(8-10-14)15(16-5-2)12-19(17)6-3/h7-10,15-16H,4-6,11-12H2,1-3H3. The normalized spacial score (nSPS) is 14.1. The molecule has 1 N–H and O–H groups in total. The molecule has 0 amide bonds. The van der Waals surface area contributed by atoms with Crippen molar-refractivity contribution in [2.24, 2.45) is 0 Å². The number of rotatable bonds is 9. The Hall–Kier alpha value is -0.870. The van der Waals surface area contributed by atoms with Gasteiger partial charge in [-0.05, 0) is 30.7 Å². The van der Waals surface area contributed by atoms with Crippen molar-refractivity contribution in [1.29, 1.82) is 0 Å². The van der Waals surface area contributed by atoms with Crippen LogP contribution >= 0.6 is 0 Å². The minimum Gasteiger partial charge on any atom is -0.494 e. The van der Waals surface area contributed by atoms with Gasteiger partial charge in [-0.1, -0.05) is 32.9 Å². The summed E-state index contributed by atoms with van der Waals surface area (Å²) in [5.74, 6) is 2.27. The lowest BCUT2D eigenvalue weighted by atomic mass is 10.1. The lowest BCUT2D eigenvalue weighted by Crippen LogP contribution is -2.26. The lowest BCUT2D eigenvalue weighted by molar-refractivity contribution is 0.317. The number of nitrogens with one attached hydrogen (secondary N) is 1. The van der Waals surface area contributed by atoms with Gasteiger partial charge < -0.3 is 10.1 Å². The summed E-state index contributed by atoms with van der Waals surface area (Å²) in [6, 6.07) is 8.26. The fourth-order valence-electron chi connectivity index (χ4n) is 1.84. The smallest absolute Gasteiger partial charge is 0.119 e. The summed E-state index contributed by atoms with van der Waals surface area (Å²) in [7, 11) is -0.763. The van der Waals surface area contributed by atoms with Crippen LogP contribution in [0, 0.1) is 0 Å². The number of benzene rings is 1. The van der Waals surface area contributed by atoms with Gasteiger partial charge in [-0.25, -0.2) is 0 Å². The van der Waals surface area contributed by atoms with Crippen LogP contribution in [0.3, 0.4) is 0 Å². The zero-order chi connectivity index (χ0) is 14.1. The van der Waals surface area contributed by atoms with Crippen molar-refractivity contribution in [3.05, 3.63) is 29.8 Å². The molecule has 0 fully saturated rings. The third kappa shape index (κ3) is 5.74. The topological polar surface area (TPSA) is 38.3 Å². The van der Waals surface area contributed by atoms with Crippen molar-refractivity contribution in [3.63, 3.8) is 0 Å². The maximum absolute atomic E-state index is 11.7. The fourth-order valence-corrected chi connectivity index (χ4v) is 2.76. The fraction of sp³-hybridized carbons (Fsp3) is 0.600. The monoisotopic (exact) mass is 283 g/mol. The average Bonchev–Trinajstić information content (AvgIpc) is 2.45. The minimum atomic E-state index is -0.763. The Labute approximate surface area is 119 Å². The maximum atomic E-state index is 11.7. The summed E-state index contributed by atoms with van der Waals surface area (Å²) >= 11 is 0. The van der Waals surface area contributed by atoms with E-state index in [0.29, 0.717) is 11.5 Å². The molecule has 0 saturated carbocycles. The molecule has 19 heavy (non-hydrogen) atoms. The molecule has 2 atom stereocenters. The molecule has 0 radical (unpaired) electrons. The van der Waals surface area contributed by atoms with E-state index in [0.717, 1.165) is 25.3 Å². The maximum Gasteiger partial charge on any atom is 0.119 e. The minimum absolute atomic E-state index is 0.158. The molecule has 1 rings (SSSR count). The summed E-state index contributed by atoms with van der Waals surface area (Å²) in [4.78, 5) is 0. The van der Waals surface area contributed by atoms with Gasteiger partial charge in [0.05, 0.1) is 6.61 Å². The Morgan fingerprint density at radius 2 is 1.89 bits per heavy atom. The van der Waals surface area contributed by atoms with Crippen LogP contribution in [0.15, 0.2) is 24.3 Å². The summed E-state index contributed by atoms with van der Waals surface area (Å²) in [6.45, 7) is 7.74. The first-order valence-electron chi connectivity index (χ1n) is 7.02. The number of hydrogen-bond acceptors (Lipinski definition) is 3. The third-order valence-electron chi connectivity index (χ3n) is 2.88. The van der Waals surface area contributed by atoms with Gasteiger partial charge in [-0.15, -0.1) is 0 Å². The highest BCUT2D eigenvalue weighted by Crippen LogP contribution is 2.19. The van der Waals surface area contributed by atoms with Crippen LogP contribution in [0.5, 0.6) is 5.75 Å². The second kappa shape index (κ2) is 9.10. The predicted octanol–water partition coefficient (Wildman–Crippen LogP) is 2.89. The van der Waals surface area contributed by atoms with E-state index >= 15 is 0 Å². The van der Waals surface area contributed by atoms with Crippen LogP contribution in [0.1, 0.15) is 38.8 Å². The van der Waals surface area contributed by atoms with E-state index in [2.05, 4.69) is 31.3 Å². The van der Waals surface area contributed by atoms with E-state index in [9.17, 15) is 4.21 Å². The highest BCUT2D eigenvalue weighted by molar-refractivity contribution is 7.84. The van der Waals surface area contributed by atoms with Gasteiger partial charge in [0.25, 0.3) is 0 Å². The highest BCUT2D eigenvalue weighted by atomic mass is 32.2. The van der Waals surface area contributed by atoms with Gasteiger partial charge in [0.15, 0.2) is 0 Å².